The van der Waals surface area contributed by atoms with Crippen LogP contribution in [0.2, 0.25) is 0 Å². The minimum atomic E-state index is -1.22. The van der Waals surface area contributed by atoms with Crippen LogP contribution in [-0.2, 0) is 4.79 Å². The van der Waals surface area contributed by atoms with Crippen molar-refractivity contribution in [3.63, 3.8) is 0 Å². The lowest BCUT2D eigenvalue weighted by Gasteiger charge is -2.20. The molecule has 0 atom stereocenters. The van der Waals surface area contributed by atoms with Crippen molar-refractivity contribution >= 4 is 17.3 Å². The number of hydrogen-bond acceptors (Lipinski definition) is 5. The maximum absolute atomic E-state index is 13.5. The van der Waals surface area contributed by atoms with Gasteiger partial charge in [0.2, 0.25) is 0 Å². The Hall–Kier alpha value is -2.82. The Labute approximate surface area is 113 Å². The summed E-state index contributed by atoms with van der Waals surface area (Å²) in [5.41, 5.74) is -0.701. The third kappa shape index (κ3) is 3.35. The lowest BCUT2D eigenvalue weighted by Crippen LogP contribution is -2.30. The van der Waals surface area contributed by atoms with Gasteiger partial charge in [-0.2, -0.15) is 0 Å². The molecule has 1 N–H and O–H groups in total. The Balaban J connectivity index is 3.40. The molecule has 0 fully saturated rings. The average Bonchev–Trinajstić information content (AvgIpc) is 2.37. The molecular weight excluding hydrogens is 271 g/mol. The summed E-state index contributed by atoms with van der Waals surface area (Å²) in [6.45, 7) is -0.734. The van der Waals surface area contributed by atoms with Crippen LogP contribution in [0, 0.1) is 28.3 Å². The summed E-state index contributed by atoms with van der Waals surface area (Å²) >= 11 is 0. The number of methoxy groups -OCH3 is 1. The largest absolute Gasteiger partial charge is 0.494 e. The topological polar surface area (TPSA) is 92.9 Å². The maximum atomic E-state index is 13.5. The standard InChI is InChI=1S/C12H11FN2O5/c1-3-4-14(7-12(16)17)9-6-11(20-2)8(13)5-10(9)15(18)19/h1,5-6H,4,7H2,2H3,(H,16,17). The second-order valence-corrected chi connectivity index (χ2v) is 3.69. The second kappa shape index (κ2) is 6.38. The molecule has 106 valence electrons. The van der Waals surface area contributed by atoms with E-state index in [2.05, 4.69) is 5.92 Å². The molecule has 0 saturated carbocycles. The Morgan fingerprint density at radius 3 is 2.75 bits per heavy atom. The predicted molar refractivity (Wildman–Crippen MR) is 68.3 cm³/mol. The van der Waals surface area contributed by atoms with E-state index in [1.54, 1.807) is 0 Å². The normalized spacial score (nSPS) is 9.65. The van der Waals surface area contributed by atoms with Gasteiger partial charge >= 0.3 is 5.97 Å². The predicted octanol–water partition coefficient (Wildman–Crippen LogP) is 1.27. The fourth-order valence-corrected chi connectivity index (χ4v) is 1.59. The molecule has 1 aromatic carbocycles. The van der Waals surface area contributed by atoms with E-state index in [0.717, 1.165) is 11.0 Å². The first kappa shape index (κ1) is 15.2. The van der Waals surface area contributed by atoms with E-state index >= 15 is 0 Å². The quantitative estimate of drug-likeness (QED) is 0.480. The zero-order chi connectivity index (χ0) is 15.3. The summed E-state index contributed by atoms with van der Waals surface area (Å²) in [5, 5.41) is 19.7. The molecule has 0 aliphatic carbocycles. The van der Waals surface area contributed by atoms with E-state index in [1.807, 2.05) is 0 Å². The Bertz CT molecular complexity index is 582. The molecule has 20 heavy (non-hydrogen) atoms. The second-order valence-electron chi connectivity index (χ2n) is 3.69. The molecular formula is C12H11FN2O5. The van der Waals surface area contributed by atoms with Crippen molar-refractivity contribution in [1.29, 1.82) is 0 Å². The summed E-state index contributed by atoms with van der Waals surface area (Å²) in [7, 11) is 1.19. The monoisotopic (exact) mass is 282 g/mol. The van der Waals surface area contributed by atoms with E-state index in [-0.39, 0.29) is 18.0 Å². The molecule has 0 amide bonds. The van der Waals surface area contributed by atoms with Crippen molar-refractivity contribution < 1.29 is 24.0 Å². The molecule has 0 aromatic heterocycles. The van der Waals surface area contributed by atoms with Crippen LogP contribution in [0.15, 0.2) is 12.1 Å². The fourth-order valence-electron chi connectivity index (χ4n) is 1.59. The number of nitro groups is 1. The van der Waals surface area contributed by atoms with Gasteiger partial charge in [0.15, 0.2) is 11.6 Å². The SMILES string of the molecule is C#CCN(CC(=O)O)c1cc(OC)c(F)cc1[N+](=O)[O-]. The number of aliphatic carboxylic acids is 1. The van der Waals surface area contributed by atoms with Crippen LogP contribution < -0.4 is 9.64 Å². The number of terminal acetylenes is 1. The molecule has 0 heterocycles. The molecule has 7 nitrogen and oxygen atoms in total. The van der Waals surface area contributed by atoms with E-state index in [0.29, 0.717) is 6.07 Å². The van der Waals surface area contributed by atoms with E-state index in [9.17, 15) is 19.3 Å². The summed E-state index contributed by atoms with van der Waals surface area (Å²) in [6.07, 6.45) is 5.11. The van der Waals surface area contributed by atoms with Gasteiger partial charge in [0, 0.05) is 6.07 Å². The van der Waals surface area contributed by atoms with Gasteiger partial charge in [-0.05, 0) is 0 Å². The summed E-state index contributed by atoms with van der Waals surface area (Å²) in [5.74, 6) is -0.185. The number of nitro benzene ring substituents is 1. The molecule has 1 rings (SSSR count). The van der Waals surface area contributed by atoms with Gasteiger partial charge in [-0.3, -0.25) is 14.9 Å². The highest BCUT2D eigenvalue weighted by Crippen LogP contribution is 2.34. The third-order valence-electron chi connectivity index (χ3n) is 2.39. The zero-order valence-corrected chi connectivity index (χ0v) is 10.5. The molecule has 0 aliphatic rings. The minimum absolute atomic E-state index is 0.117. The van der Waals surface area contributed by atoms with E-state index in [4.69, 9.17) is 16.3 Å². The highest BCUT2D eigenvalue weighted by molar-refractivity contribution is 5.77. The number of carboxylic acids is 1. The molecule has 0 radical (unpaired) electrons. The molecule has 1 aromatic rings. The van der Waals surface area contributed by atoms with Gasteiger partial charge in [0.25, 0.3) is 5.69 Å². The van der Waals surface area contributed by atoms with Gasteiger partial charge in [-0.15, -0.1) is 6.42 Å². The smallest absolute Gasteiger partial charge is 0.323 e. The molecule has 8 heteroatoms. The van der Waals surface area contributed by atoms with Crippen molar-refractivity contribution in [3.8, 4) is 18.1 Å². The first-order valence-electron chi connectivity index (χ1n) is 5.32. The number of carbonyl (C=O) groups is 1. The molecule has 0 spiro atoms. The highest BCUT2D eigenvalue weighted by atomic mass is 19.1. The summed E-state index contributed by atoms with van der Waals surface area (Å²) < 4.78 is 18.2. The fraction of sp³-hybridized carbons (Fsp3) is 0.250. The van der Waals surface area contributed by atoms with Crippen LogP contribution in [0.1, 0.15) is 0 Å². The van der Waals surface area contributed by atoms with Gasteiger partial charge in [0.1, 0.15) is 12.2 Å². The number of hydrogen-bond donors (Lipinski definition) is 1. The van der Waals surface area contributed by atoms with Crippen molar-refractivity contribution in [2.24, 2.45) is 0 Å². The van der Waals surface area contributed by atoms with Gasteiger partial charge in [-0.1, -0.05) is 5.92 Å². The van der Waals surface area contributed by atoms with E-state index in [1.165, 1.54) is 7.11 Å². The Morgan fingerprint density at radius 1 is 1.65 bits per heavy atom. The van der Waals surface area contributed by atoms with E-state index < -0.39 is 28.9 Å². The number of halogens is 1. The maximum Gasteiger partial charge on any atom is 0.323 e. The first-order valence-corrected chi connectivity index (χ1v) is 5.32. The van der Waals surface area contributed by atoms with Crippen LogP contribution in [0.5, 0.6) is 5.75 Å². The van der Waals surface area contributed by atoms with Gasteiger partial charge < -0.3 is 14.7 Å². The van der Waals surface area contributed by atoms with Crippen LogP contribution in [0.25, 0.3) is 0 Å². The van der Waals surface area contributed by atoms with Crippen LogP contribution in [0.4, 0.5) is 15.8 Å². The lowest BCUT2D eigenvalue weighted by molar-refractivity contribution is -0.384. The zero-order valence-electron chi connectivity index (χ0n) is 10.5. The van der Waals surface area contributed by atoms with Crippen molar-refractivity contribution in [2.75, 3.05) is 25.1 Å². The molecule has 0 unspecified atom stereocenters. The lowest BCUT2D eigenvalue weighted by atomic mass is 10.2. The number of ether oxygens (including phenoxy) is 1. The number of anilines is 1. The molecule has 0 bridgehead atoms. The average molecular weight is 282 g/mol. The van der Waals surface area contributed by atoms with Gasteiger partial charge in [-0.25, -0.2) is 4.39 Å². The number of rotatable bonds is 6. The van der Waals surface area contributed by atoms with Crippen molar-refractivity contribution in [3.05, 3.63) is 28.1 Å². The number of benzene rings is 1. The summed E-state index contributed by atoms with van der Waals surface area (Å²) in [4.78, 5) is 22.0. The third-order valence-corrected chi connectivity index (χ3v) is 2.39. The summed E-state index contributed by atoms with van der Waals surface area (Å²) in [6, 6.07) is 1.72. The number of nitrogens with zero attached hydrogens (tertiary/aromatic N) is 2. The number of carboxylic acid groups (broad SMARTS) is 1. The van der Waals surface area contributed by atoms with Crippen molar-refractivity contribution in [1.82, 2.24) is 0 Å². The van der Waals surface area contributed by atoms with Crippen LogP contribution in [0.3, 0.4) is 0 Å². The van der Waals surface area contributed by atoms with Gasteiger partial charge in [0.05, 0.1) is 24.6 Å². The molecule has 0 saturated heterocycles. The molecule has 0 aliphatic heterocycles. The van der Waals surface area contributed by atoms with Crippen LogP contribution >= 0.6 is 0 Å². The van der Waals surface area contributed by atoms with Crippen LogP contribution in [-0.4, -0.2) is 36.2 Å². The highest BCUT2D eigenvalue weighted by Gasteiger charge is 2.24. The van der Waals surface area contributed by atoms with Crippen molar-refractivity contribution in [2.45, 2.75) is 0 Å². The Morgan fingerprint density at radius 2 is 2.30 bits per heavy atom. The minimum Gasteiger partial charge on any atom is -0.494 e. The Kier molecular flexibility index (Phi) is 4.86. The first-order chi connectivity index (χ1) is 9.40.